The number of carbonyl (C=O) groups is 1. The molecule has 3 heterocycles. The van der Waals surface area contributed by atoms with Crippen LogP contribution in [0.25, 0.3) is 0 Å². The maximum absolute atomic E-state index is 13.5. The van der Waals surface area contributed by atoms with Crippen molar-refractivity contribution in [3.05, 3.63) is 131 Å². The van der Waals surface area contributed by atoms with Crippen molar-refractivity contribution in [3.63, 3.8) is 0 Å². The zero-order chi connectivity index (χ0) is 27.3. The number of hydrazone groups is 1. The quantitative estimate of drug-likeness (QED) is 0.231. The molecule has 7 nitrogen and oxygen atoms in total. The fraction of sp³-hybridized carbons (Fsp3) is 0.212. The molecule has 0 saturated heterocycles. The van der Waals surface area contributed by atoms with Crippen LogP contribution in [0.2, 0.25) is 0 Å². The number of nitrogens with zero attached hydrogens (tertiary/aromatic N) is 4. The number of nitrogens with one attached hydrogen (secondary N) is 1. The van der Waals surface area contributed by atoms with Gasteiger partial charge >= 0.3 is 0 Å². The molecule has 0 saturated carbocycles. The van der Waals surface area contributed by atoms with Gasteiger partial charge in [0.15, 0.2) is 0 Å². The van der Waals surface area contributed by atoms with E-state index in [1.54, 1.807) is 29.3 Å². The minimum Gasteiger partial charge on any atom is -0.461 e. The van der Waals surface area contributed by atoms with Crippen LogP contribution in [0, 0.1) is 11.3 Å². The first kappa shape index (κ1) is 25.5. The number of hydrogen-bond donors (Lipinski definition) is 1. The number of ether oxygens (including phenoxy) is 1. The van der Waals surface area contributed by atoms with E-state index in [-0.39, 0.29) is 11.8 Å². The number of pyridine rings is 1. The number of para-hydroxylation sites is 1. The van der Waals surface area contributed by atoms with E-state index in [1.807, 2.05) is 48.7 Å². The highest BCUT2D eigenvalue weighted by molar-refractivity contribution is 6.03. The average molecular weight is 528 g/mol. The Labute approximate surface area is 233 Å². The minimum atomic E-state index is -0.872. The molecular formula is C33H29N5O2. The summed E-state index contributed by atoms with van der Waals surface area (Å²) in [4.78, 5) is 17.9. The Bertz CT molecular complexity index is 1560. The maximum atomic E-state index is 13.5. The Kier molecular flexibility index (Phi) is 7.34. The molecule has 3 aromatic carbocycles. The van der Waals surface area contributed by atoms with E-state index in [2.05, 4.69) is 40.6 Å². The Balaban J connectivity index is 1.14. The Morgan fingerprint density at radius 1 is 1.00 bits per heavy atom. The lowest BCUT2D eigenvalue weighted by Gasteiger charge is -2.37. The summed E-state index contributed by atoms with van der Waals surface area (Å²) >= 11 is 0. The second-order valence-corrected chi connectivity index (χ2v) is 10.0. The SMILES string of the molecule is N#Cc1ccc(C(=O)C2Oc3ccccc3C3CC(c4ccc(CCCNCc5ccccn5)cc4)=NN23)cc1. The Morgan fingerprint density at radius 3 is 2.58 bits per heavy atom. The van der Waals surface area contributed by atoms with E-state index in [9.17, 15) is 4.79 Å². The summed E-state index contributed by atoms with van der Waals surface area (Å²) < 4.78 is 6.21. The summed E-state index contributed by atoms with van der Waals surface area (Å²) in [5, 5.41) is 19.3. The van der Waals surface area contributed by atoms with Crippen LogP contribution in [0.5, 0.6) is 5.75 Å². The number of benzene rings is 3. The largest absolute Gasteiger partial charge is 0.461 e. The smallest absolute Gasteiger partial charge is 0.251 e. The lowest BCUT2D eigenvalue weighted by molar-refractivity contribution is -0.00455. The number of fused-ring (bicyclic) bond motifs is 3. The van der Waals surface area contributed by atoms with Gasteiger partial charge in [-0.05, 0) is 73.0 Å². The van der Waals surface area contributed by atoms with Crippen LogP contribution in [0.15, 0.2) is 102 Å². The van der Waals surface area contributed by atoms with E-state index in [0.29, 0.717) is 23.3 Å². The molecule has 6 rings (SSSR count). The molecule has 2 atom stereocenters. The molecule has 0 bridgehead atoms. The van der Waals surface area contributed by atoms with Gasteiger partial charge in [-0.25, -0.2) is 5.01 Å². The number of nitriles is 1. The van der Waals surface area contributed by atoms with E-state index < -0.39 is 6.23 Å². The van der Waals surface area contributed by atoms with E-state index in [1.165, 1.54) is 5.56 Å². The summed E-state index contributed by atoms with van der Waals surface area (Å²) in [5.41, 5.74) is 6.34. The summed E-state index contributed by atoms with van der Waals surface area (Å²) in [6.45, 7) is 1.70. The molecule has 4 aromatic rings. The van der Waals surface area contributed by atoms with Crippen molar-refractivity contribution in [1.29, 1.82) is 5.26 Å². The molecule has 1 N–H and O–H groups in total. The van der Waals surface area contributed by atoms with Crippen molar-refractivity contribution in [1.82, 2.24) is 15.3 Å². The first-order valence-electron chi connectivity index (χ1n) is 13.6. The highest BCUT2D eigenvalue weighted by Crippen LogP contribution is 2.43. The fourth-order valence-corrected chi connectivity index (χ4v) is 5.23. The number of aryl methyl sites for hydroxylation is 1. The average Bonchev–Trinajstić information content (AvgIpc) is 3.47. The van der Waals surface area contributed by atoms with Crippen LogP contribution in [-0.2, 0) is 13.0 Å². The lowest BCUT2D eigenvalue weighted by Crippen LogP contribution is -2.45. The summed E-state index contributed by atoms with van der Waals surface area (Å²) in [6, 6.07) is 31.0. The molecule has 2 aliphatic rings. The van der Waals surface area contributed by atoms with Crippen LogP contribution in [0.1, 0.15) is 57.2 Å². The van der Waals surface area contributed by atoms with Crippen LogP contribution >= 0.6 is 0 Å². The molecule has 0 radical (unpaired) electrons. The van der Waals surface area contributed by atoms with E-state index >= 15 is 0 Å². The number of aromatic nitrogens is 1. The summed E-state index contributed by atoms with van der Waals surface area (Å²) in [6.07, 6.45) is 3.66. The predicted octanol–water partition coefficient (Wildman–Crippen LogP) is 5.43. The predicted molar refractivity (Wildman–Crippen MR) is 153 cm³/mol. The van der Waals surface area contributed by atoms with Gasteiger partial charge in [0.05, 0.1) is 29.1 Å². The number of rotatable bonds is 9. The molecule has 0 amide bonds. The molecule has 0 fully saturated rings. The molecule has 0 spiro atoms. The third-order valence-corrected chi connectivity index (χ3v) is 7.36. The second kappa shape index (κ2) is 11.5. The number of ketones is 1. The van der Waals surface area contributed by atoms with Crippen molar-refractivity contribution in [2.24, 2.45) is 5.10 Å². The summed E-state index contributed by atoms with van der Waals surface area (Å²) in [5.74, 6) is 0.528. The maximum Gasteiger partial charge on any atom is 0.251 e. The zero-order valence-electron chi connectivity index (χ0n) is 22.0. The molecule has 198 valence electrons. The van der Waals surface area contributed by atoms with Crippen molar-refractivity contribution in [2.75, 3.05) is 6.54 Å². The number of Topliss-reactive ketones (excluding diaryl/α,β-unsaturated/α-hetero) is 1. The Hall–Kier alpha value is -4.80. The van der Waals surface area contributed by atoms with Crippen LogP contribution < -0.4 is 10.1 Å². The van der Waals surface area contributed by atoms with Gasteiger partial charge in [0.2, 0.25) is 5.78 Å². The highest BCUT2D eigenvalue weighted by atomic mass is 16.5. The fourth-order valence-electron chi connectivity index (χ4n) is 5.23. The van der Waals surface area contributed by atoms with E-state index in [0.717, 1.165) is 48.5 Å². The topological polar surface area (TPSA) is 90.6 Å². The van der Waals surface area contributed by atoms with Gasteiger partial charge in [0, 0.05) is 30.3 Å². The first-order valence-corrected chi connectivity index (χ1v) is 13.6. The van der Waals surface area contributed by atoms with Crippen molar-refractivity contribution in [2.45, 2.75) is 38.1 Å². The molecule has 7 heteroatoms. The minimum absolute atomic E-state index is 0.0860. The standard InChI is InChI=1S/C33H29N5O2/c34-21-24-12-16-26(17-13-24)32(39)33-38-30(28-8-1-2-9-31(28)40-33)20-29(37-38)25-14-10-23(11-15-25)6-5-18-35-22-27-7-3-4-19-36-27/h1-4,7-17,19,30,33,35H,5-6,18,20,22H2. The third-order valence-electron chi connectivity index (χ3n) is 7.36. The molecule has 1 aromatic heterocycles. The molecule has 2 aliphatic heterocycles. The first-order chi connectivity index (χ1) is 19.7. The van der Waals surface area contributed by atoms with Crippen LogP contribution in [0.3, 0.4) is 0 Å². The van der Waals surface area contributed by atoms with Crippen LogP contribution in [0.4, 0.5) is 0 Å². The van der Waals surface area contributed by atoms with Gasteiger partial charge < -0.3 is 10.1 Å². The van der Waals surface area contributed by atoms with E-state index in [4.69, 9.17) is 15.1 Å². The number of hydrogen-bond acceptors (Lipinski definition) is 7. The number of carbonyl (C=O) groups excluding carboxylic acids is 1. The molecule has 2 unspecified atom stereocenters. The van der Waals surface area contributed by atoms with Gasteiger partial charge in [0.25, 0.3) is 6.23 Å². The monoisotopic (exact) mass is 527 g/mol. The highest BCUT2D eigenvalue weighted by Gasteiger charge is 2.43. The third kappa shape index (κ3) is 5.35. The van der Waals surface area contributed by atoms with Gasteiger partial charge in [-0.3, -0.25) is 9.78 Å². The zero-order valence-corrected chi connectivity index (χ0v) is 22.0. The Morgan fingerprint density at radius 2 is 1.80 bits per heavy atom. The summed E-state index contributed by atoms with van der Waals surface area (Å²) in [7, 11) is 0. The van der Waals surface area contributed by atoms with Crippen molar-refractivity contribution in [3.8, 4) is 11.8 Å². The molecule has 40 heavy (non-hydrogen) atoms. The van der Waals surface area contributed by atoms with Gasteiger partial charge in [-0.15, -0.1) is 0 Å². The van der Waals surface area contributed by atoms with Crippen molar-refractivity contribution < 1.29 is 9.53 Å². The van der Waals surface area contributed by atoms with Crippen molar-refractivity contribution >= 4 is 11.5 Å². The van der Waals surface area contributed by atoms with Gasteiger partial charge in [0.1, 0.15) is 5.75 Å². The molecular weight excluding hydrogens is 498 g/mol. The van der Waals surface area contributed by atoms with Gasteiger partial charge in [-0.1, -0.05) is 48.5 Å². The van der Waals surface area contributed by atoms with Crippen LogP contribution in [-0.4, -0.2) is 34.3 Å². The normalized spacial score (nSPS) is 17.3. The van der Waals surface area contributed by atoms with Gasteiger partial charge in [-0.2, -0.15) is 10.4 Å². The second-order valence-electron chi connectivity index (χ2n) is 10.0. The lowest BCUT2D eigenvalue weighted by atomic mass is 9.95. The molecule has 0 aliphatic carbocycles.